The fourth-order valence-corrected chi connectivity index (χ4v) is 2.48. The van der Waals surface area contributed by atoms with E-state index >= 15 is 0 Å². The zero-order valence-electron chi connectivity index (χ0n) is 13.8. The molecule has 0 aliphatic heterocycles. The minimum atomic E-state index is -0.163. The molecule has 0 radical (unpaired) electrons. The third-order valence-electron chi connectivity index (χ3n) is 3.80. The molecular formula is C21H24O2. The number of benzene rings is 1. The number of hydrogen-bond donors (Lipinski definition) is 0. The van der Waals surface area contributed by atoms with Crippen molar-refractivity contribution in [2.45, 2.75) is 51.4 Å². The van der Waals surface area contributed by atoms with E-state index in [0.717, 1.165) is 24.2 Å². The highest BCUT2D eigenvalue weighted by atomic mass is 16.3. The molecule has 0 N–H and O–H groups in total. The van der Waals surface area contributed by atoms with Gasteiger partial charge in [0.05, 0.1) is 12.2 Å². The molecule has 2 nitrogen and oxygen atoms in total. The summed E-state index contributed by atoms with van der Waals surface area (Å²) in [5.41, 5.74) is 0.730. The minimum absolute atomic E-state index is 0.104. The van der Waals surface area contributed by atoms with Crippen LogP contribution in [0.4, 0.5) is 0 Å². The quantitative estimate of drug-likeness (QED) is 0.360. The van der Waals surface area contributed by atoms with Gasteiger partial charge in [-0.1, -0.05) is 62.4 Å². The van der Waals surface area contributed by atoms with Gasteiger partial charge in [-0.15, -0.1) is 5.92 Å². The van der Waals surface area contributed by atoms with Crippen molar-refractivity contribution in [1.82, 2.24) is 0 Å². The average molecular weight is 308 g/mol. The molecule has 2 rings (SSSR count). The van der Waals surface area contributed by atoms with Gasteiger partial charge in [-0.2, -0.15) is 0 Å². The first-order valence-corrected chi connectivity index (χ1v) is 8.41. The van der Waals surface area contributed by atoms with Crippen LogP contribution in [0.3, 0.4) is 0 Å². The second-order valence-electron chi connectivity index (χ2n) is 5.69. The van der Waals surface area contributed by atoms with Crippen LogP contribution in [0.15, 0.2) is 53.1 Å². The molecule has 1 aromatic carbocycles. The third kappa shape index (κ3) is 5.79. The van der Waals surface area contributed by atoms with E-state index in [-0.39, 0.29) is 11.7 Å². The van der Waals surface area contributed by atoms with E-state index < -0.39 is 0 Å². The molecule has 23 heavy (non-hydrogen) atoms. The van der Waals surface area contributed by atoms with Crippen LogP contribution in [-0.4, -0.2) is 5.78 Å². The van der Waals surface area contributed by atoms with Gasteiger partial charge >= 0.3 is 0 Å². The van der Waals surface area contributed by atoms with E-state index in [1.165, 1.54) is 19.3 Å². The van der Waals surface area contributed by atoms with Crippen molar-refractivity contribution in [3.05, 3.63) is 60.1 Å². The monoisotopic (exact) mass is 308 g/mol. The highest BCUT2D eigenvalue weighted by Crippen LogP contribution is 2.22. The summed E-state index contributed by atoms with van der Waals surface area (Å²) >= 11 is 0. The number of ketones is 1. The Labute approximate surface area is 138 Å². The standard InChI is InChI=1S/C21H24O2/c1-2-3-4-5-6-8-14-19(21-15-11-16-23-21)17-20(22)18-12-9-7-10-13-18/h7,9-13,15-16,19H,2-6,17H2,1H3. The summed E-state index contributed by atoms with van der Waals surface area (Å²) in [6.07, 6.45) is 7.72. The molecule has 0 fully saturated rings. The Bertz CT molecular complexity index is 629. The Kier molecular flexibility index (Phi) is 7.20. The number of carbonyl (C=O) groups excluding carboxylic acids is 1. The molecule has 0 saturated heterocycles. The van der Waals surface area contributed by atoms with Gasteiger partial charge in [0.15, 0.2) is 5.78 Å². The second kappa shape index (κ2) is 9.69. The maximum absolute atomic E-state index is 12.4. The zero-order valence-corrected chi connectivity index (χ0v) is 13.8. The van der Waals surface area contributed by atoms with E-state index in [0.29, 0.717) is 6.42 Å². The SMILES string of the molecule is CCCCCCC#CC(CC(=O)c1ccccc1)c1ccco1. The lowest BCUT2D eigenvalue weighted by molar-refractivity contribution is 0.0977. The highest BCUT2D eigenvalue weighted by Gasteiger charge is 2.17. The molecule has 120 valence electrons. The first-order valence-electron chi connectivity index (χ1n) is 8.41. The van der Waals surface area contributed by atoms with Gasteiger partial charge in [0, 0.05) is 18.4 Å². The first kappa shape index (κ1) is 17.1. The first-order chi connectivity index (χ1) is 11.3. The number of carbonyl (C=O) groups is 1. The maximum Gasteiger partial charge on any atom is 0.164 e. The zero-order chi connectivity index (χ0) is 16.3. The molecule has 2 aromatic rings. The molecule has 1 atom stereocenters. The normalized spacial score (nSPS) is 11.5. The van der Waals surface area contributed by atoms with Crippen molar-refractivity contribution in [1.29, 1.82) is 0 Å². The van der Waals surface area contributed by atoms with Crippen LogP contribution in [0.1, 0.15) is 67.5 Å². The van der Waals surface area contributed by atoms with Crippen LogP contribution in [0.25, 0.3) is 0 Å². The number of Topliss-reactive ketones (excluding diaryl/α,β-unsaturated/α-hetero) is 1. The number of furan rings is 1. The molecule has 0 spiro atoms. The van der Waals surface area contributed by atoms with E-state index in [4.69, 9.17) is 4.42 Å². The van der Waals surface area contributed by atoms with E-state index in [1.807, 2.05) is 42.5 Å². The lowest BCUT2D eigenvalue weighted by atomic mass is 9.96. The lowest BCUT2D eigenvalue weighted by Crippen LogP contribution is -2.05. The largest absolute Gasteiger partial charge is 0.468 e. The fraction of sp³-hybridized carbons (Fsp3) is 0.381. The second-order valence-corrected chi connectivity index (χ2v) is 5.69. The predicted molar refractivity (Wildman–Crippen MR) is 93.4 cm³/mol. The molecule has 1 aromatic heterocycles. The van der Waals surface area contributed by atoms with Gasteiger partial charge in [-0.25, -0.2) is 0 Å². The van der Waals surface area contributed by atoms with Crippen molar-refractivity contribution in [2.24, 2.45) is 0 Å². The van der Waals surface area contributed by atoms with Crippen molar-refractivity contribution < 1.29 is 9.21 Å². The van der Waals surface area contributed by atoms with Crippen LogP contribution >= 0.6 is 0 Å². The molecule has 1 heterocycles. The van der Waals surface area contributed by atoms with E-state index in [1.54, 1.807) is 6.26 Å². The van der Waals surface area contributed by atoms with Gasteiger partial charge < -0.3 is 4.42 Å². The van der Waals surface area contributed by atoms with Crippen molar-refractivity contribution in [3.63, 3.8) is 0 Å². The van der Waals surface area contributed by atoms with E-state index in [2.05, 4.69) is 18.8 Å². The molecule has 2 heteroatoms. The minimum Gasteiger partial charge on any atom is -0.468 e. The Hall–Kier alpha value is -2.27. The Balaban J connectivity index is 1.98. The van der Waals surface area contributed by atoms with Gasteiger partial charge in [-0.3, -0.25) is 4.79 Å². The summed E-state index contributed by atoms with van der Waals surface area (Å²) in [4.78, 5) is 12.4. The van der Waals surface area contributed by atoms with Crippen LogP contribution in [0.5, 0.6) is 0 Å². The van der Waals surface area contributed by atoms with Crippen molar-refractivity contribution >= 4 is 5.78 Å². The fourth-order valence-electron chi connectivity index (χ4n) is 2.48. The predicted octanol–water partition coefficient (Wildman–Crippen LogP) is 5.61. The molecule has 0 saturated carbocycles. The average Bonchev–Trinajstić information content (AvgIpc) is 3.12. The topological polar surface area (TPSA) is 30.2 Å². The Morgan fingerprint density at radius 2 is 1.91 bits per heavy atom. The molecule has 1 unspecified atom stereocenters. The maximum atomic E-state index is 12.4. The number of unbranched alkanes of at least 4 members (excludes halogenated alkanes) is 4. The summed E-state index contributed by atoms with van der Waals surface area (Å²) < 4.78 is 5.47. The molecule has 0 amide bonds. The summed E-state index contributed by atoms with van der Waals surface area (Å²) in [6.45, 7) is 2.20. The van der Waals surface area contributed by atoms with Crippen LogP contribution < -0.4 is 0 Å². The van der Waals surface area contributed by atoms with Crippen molar-refractivity contribution in [2.75, 3.05) is 0 Å². The van der Waals surface area contributed by atoms with Crippen molar-refractivity contribution in [3.8, 4) is 11.8 Å². The smallest absolute Gasteiger partial charge is 0.164 e. The van der Waals surface area contributed by atoms with Gasteiger partial charge in [0.2, 0.25) is 0 Å². The highest BCUT2D eigenvalue weighted by molar-refractivity contribution is 5.96. The van der Waals surface area contributed by atoms with Gasteiger partial charge in [-0.05, 0) is 18.6 Å². The summed E-state index contributed by atoms with van der Waals surface area (Å²) in [5, 5.41) is 0. The summed E-state index contributed by atoms with van der Waals surface area (Å²) in [6, 6.07) is 13.1. The van der Waals surface area contributed by atoms with E-state index in [9.17, 15) is 4.79 Å². The Morgan fingerprint density at radius 3 is 2.61 bits per heavy atom. The van der Waals surface area contributed by atoms with Gasteiger partial charge in [0.1, 0.15) is 5.76 Å². The lowest BCUT2D eigenvalue weighted by Gasteiger charge is -2.07. The third-order valence-corrected chi connectivity index (χ3v) is 3.80. The van der Waals surface area contributed by atoms with Crippen LogP contribution in [-0.2, 0) is 0 Å². The number of hydrogen-bond acceptors (Lipinski definition) is 2. The summed E-state index contributed by atoms with van der Waals surface area (Å²) in [5.74, 6) is 7.18. The number of rotatable bonds is 8. The van der Waals surface area contributed by atoms with Crippen LogP contribution in [0, 0.1) is 11.8 Å². The Morgan fingerprint density at radius 1 is 1.09 bits per heavy atom. The summed E-state index contributed by atoms with van der Waals surface area (Å²) in [7, 11) is 0. The molecular weight excluding hydrogens is 284 g/mol. The molecule has 0 aliphatic carbocycles. The van der Waals surface area contributed by atoms with Gasteiger partial charge in [0.25, 0.3) is 0 Å². The molecule has 0 bridgehead atoms. The molecule has 0 aliphatic rings. The van der Waals surface area contributed by atoms with Crippen LogP contribution in [0.2, 0.25) is 0 Å².